The molecule has 3 aromatic carbocycles. The highest BCUT2D eigenvalue weighted by molar-refractivity contribution is 7.99. The van der Waals surface area contributed by atoms with E-state index >= 15 is 0 Å². The highest BCUT2D eigenvalue weighted by Crippen LogP contribution is 2.40. The van der Waals surface area contributed by atoms with Gasteiger partial charge in [0.15, 0.2) is 0 Å². The molecule has 4 nitrogen and oxygen atoms in total. The van der Waals surface area contributed by atoms with Crippen LogP contribution < -0.4 is 9.47 Å². The third-order valence-electron chi connectivity index (χ3n) is 4.64. The van der Waals surface area contributed by atoms with E-state index in [2.05, 4.69) is 0 Å². The van der Waals surface area contributed by atoms with Gasteiger partial charge in [0.05, 0.1) is 12.7 Å². The van der Waals surface area contributed by atoms with Crippen LogP contribution in [0.1, 0.15) is 21.3 Å². The number of amides is 1. The van der Waals surface area contributed by atoms with Crippen LogP contribution in [0.3, 0.4) is 0 Å². The van der Waals surface area contributed by atoms with Gasteiger partial charge < -0.3 is 14.4 Å². The molecule has 1 heterocycles. The molecule has 0 radical (unpaired) electrons. The second-order valence-electron chi connectivity index (χ2n) is 6.41. The maximum absolute atomic E-state index is 13.4. The topological polar surface area (TPSA) is 38.8 Å². The first-order valence-electron chi connectivity index (χ1n) is 9.15. The molecule has 1 saturated heterocycles. The van der Waals surface area contributed by atoms with Crippen LogP contribution in [0.15, 0.2) is 78.9 Å². The zero-order valence-corrected chi connectivity index (χ0v) is 16.4. The normalized spacial score (nSPS) is 16.0. The Morgan fingerprint density at radius 1 is 0.929 bits per heavy atom. The van der Waals surface area contributed by atoms with Crippen LogP contribution in [0.25, 0.3) is 0 Å². The zero-order chi connectivity index (χ0) is 19.3. The molecule has 5 heteroatoms. The summed E-state index contributed by atoms with van der Waals surface area (Å²) in [5.41, 5.74) is 1.67. The van der Waals surface area contributed by atoms with E-state index in [1.807, 2.05) is 83.8 Å². The van der Waals surface area contributed by atoms with E-state index in [0.29, 0.717) is 23.6 Å². The minimum atomic E-state index is -0.0163. The van der Waals surface area contributed by atoms with Crippen molar-refractivity contribution in [2.24, 2.45) is 0 Å². The number of nitrogens with zero attached hydrogens (tertiary/aromatic N) is 1. The van der Waals surface area contributed by atoms with Crippen molar-refractivity contribution < 1.29 is 14.3 Å². The van der Waals surface area contributed by atoms with Crippen LogP contribution in [0, 0.1) is 0 Å². The lowest BCUT2D eigenvalue weighted by atomic mass is 10.1. The summed E-state index contributed by atoms with van der Waals surface area (Å²) in [6.07, 6.45) is 0. The van der Waals surface area contributed by atoms with Crippen molar-refractivity contribution in [3.8, 4) is 17.2 Å². The van der Waals surface area contributed by atoms with Crippen molar-refractivity contribution in [2.75, 3.05) is 19.4 Å². The lowest BCUT2D eigenvalue weighted by molar-refractivity contribution is 0.0757. The molecular formula is C23H21NO3S. The summed E-state index contributed by atoms with van der Waals surface area (Å²) in [6, 6.07) is 24.9. The Labute approximate surface area is 169 Å². The highest BCUT2D eigenvalue weighted by atomic mass is 32.2. The molecule has 0 spiro atoms. The van der Waals surface area contributed by atoms with Gasteiger partial charge in [-0.05, 0) is 42.0 Å². The van der Waals surface area contributed by atoms with Crippen LogP contribution in [0.4, 0.5) is 0 Å². The predicted molar refractivity (Wildman–Crippen MR) is 112 cm³/mol. The third-order valence-corrected chi connectivity index (χ3v) is 5.90. The molecular weight excluding hydrogens is 370 g/mol. The predicted octanol–water partition coefficient (Wildman–Crippen LogP) is 5.38. The molecule has 0 bridgehead atoms. The van der Waals surface area contributed by atoms with Gasteiger partial charge in [0.25, 0.3) is 5.91 Å². The van der Waals surface area contributed by atoms with Crippen LogP contribution >= 0.6 is 11.8 Å². The number of hydrogen-bond donors (Lipinski definition) is 0. The zero-order valence-electron chi connectivity index (χ0n) is 15.6. The van der Waals surface area contributed by atoms with Crippen LogP contribution in [-0.2, 0) is 0 Å². The van der Waals surface area contributed by atoms with Gasteiger partial charge in [-0.25, -0.2) is 0 Å². The fourth-order valence-electron chi connectivity index (χ4n) is 3.23. The van der Waals surface area contributed by atoms with Crippen LogP contribution in [-0.4, -0.2) is 30.2 Å². The van der Waals surface area contributed by atoms with Gasteiger partial charge in [0.2, 0.25) is 0 Å². The van der Waals surface area contributed by atoms with E-state index in [4.69, 9.17) is 9.47 Å². The first-order valence-corrected chi connectivity index (χ1v) is 10.2. The average Bonchev–Trinajstić information content (AvgIpc) is 3.24. The number of rotatable bonds is 5. The number of thioether (sulfide) groups is 1. The molecule has 142 valence electrons. The van der Waals surface area contributed by atoms with Gasteiger partial charge in [-0.1, -0.05) is 42.5 Å². The second kappa shape index (κ2) is 8.40. The minimum Gasteiger partial charge on any atom is -0.497 e. The lowest BCUT2D eigenvalue weighted by Gasteiger charge is -2.25. The average molecular weight is 391 g/mol. The first-order chi connectivity index (χ1) is 13.8. The summed E-state index contributed by atoms with van der Waals surface area (Å²) in [6.45, 7) is 0.708. The maximum Gasteiger partial charge on any atom is 0.258 e. The summed E-state index contributed by atoms with van der Waals surface area (Å²) in [5.74, 6) is 2.99. The smallest absolute Gasteiger partial charge is 0.258 e. The van der Waals surface area contributed by atoms with E-state index in [9.17, 15) is 4.79 Å². The minimum absolute atomic E-state index is 0.0109. The highest BCUT2D eigenvalue weighted by Gasteiger charge is 2.32. The molecule has 4 rings (SSSR count). The molecule has 3 aromatic rings. The van der Waals surface area contributed by atoms with Crippen molar-refractivity contribution in [2.45, 2.75) is 5.37 Å². The fourth-order valence-corrected chi connectivity index (χ4v) is 4.48. The molecule has 1 aliphatic heterocycles. The molecule has 1 amide bonds. The van der Waals surface area contributed by atoms with Crippen LogP contribution in [0.2, 0.25) is 0 Å². The van der Waals surface area contributed by atoms with E-state index in [1.54, 1.807) is 18.9 Å². The van der Waals surface area contributed by atoms with E-state index < -0.39 is 0 Å². The van der Waals surface area contributed by atoms with E-state index in [1.165, 1.54) is 0 Å². The maximum atomic E-state index is 13.4. The summed E-state index contributed by atoms with van der Waals surface area (Å²) in [7, 11) is 1.65. The SMILES string of the molecule is COc1ccc(C2SCCN2C(=O)c2ccccc2Oc2ccccc2)cc1. The Bertz CT molecular complexity index is 944. The monoisotopic (exact) mass is 391 g/mol. The van der Waals surface area contributed by atoms with Crippen molar-refractivity contribution in [3.05, 3.63) is 90.0 Å². The molecule has 1 unspecified atom stereocenters. The van der Waals surface area contributed by atoms with Gasteiger partial charge in [-0.2, -0.15) is 0 Å². The summed E-state index contributed by atoms with van der Waals surface area (Å²) < 4.78 is 11.2. The van der Waals surface area contributed by atoms with E-state index in [-0.39, 0.29) is 11.3 Å². The van der Waals surface area contributed by atoms with Gasteiger partial charge in [-0.15, -0.1) is 11.8 Å². The number of para-hydroxylation sites is 2. The number of carbonyl (C=O) groups is 1. The molecule has 1 aliphatic rings. The van der Waals surface area contributed by atoms with Gasteiger partial charge in [0.1, 0.15) is 22.6 Å². The van der Waals surface area contributed by atoms with Crippen molar-refractivity contribution >= 4 is 17.7 Å². The fraction of sp³-hybridized carbons (Fsp3) is 0.174. The third kappa shape index (κ3) is 3.85. The standard InChI is InChI=1S/C23H21NO3S/c1-26-18-13-11-17(12-14-18)23-24(15-16-28-23)22(25)20-9-5-6-10-21(20)27-19-7-3-2-4-8-19/h2-14,23H,15-16H2,1H3. The Hall–Kier alpha value is -2.92. The Morgan fingerprint density at radius 3 is 2.39 bits per heavy atom. The van der Waals surface area contributed by atoms with Gasteiger partial charge >= 0.3 is 0 Å². The summed E-state index contributed by atoms with van der Waals surface area (Å²) in [4.78, 5) is 15.3. The van der Waals surface area contributed by atoms with Gasteiger partial charge in [0, 0.05) is 12.3 Å². The molecule has 0 N–H and O–H groups in total. The first kappa shape index (κ1) is 18.4. The Balaban J connectivity index is 1.60. The molecule has 28 heavy (non-hydrogen) atoms. The van der Waals surface area contributed by atoms with E-state index in [0.717, 1.165) is 17.1 Å². The Morgan fingerprint density at radius 2 is 1.64 bits per heavy atom. The molecule has 1 atom stereocenters. The molecule has 1 fully saturated rings. The summed E-state index contributed by atoms with van der Waals surface area (Å²) >= 11 is 1.77. The Kier molecular flexibility index (Phi) is 5.53. The molecule has 0 aliphatic carbocycles. The van der Waals surface area contributed by atoms with Crippen LogP contribution in [0.5, 0.6) is 17.2 Å². The lowest BCUT2D eigenvalue weighted by Crippen LogP contribution is -2.30. The van der Waals surface area contributed by atoms with Crippen molar-refractivity contribution in [3.63, 3.8) is 0 Å². The largest absolute Gasteiger partial charge is 0.497 e. The number of carbonyl (C=O) groups excluding carboxylic acids is 1. The quantitative estimate of drug-likeness (QED) is 0.586. The molecule has 0 aromatic heterocycles. The van der Waals surface area contributed by atoms with Gasteiger partial charge in [-0.3, -0.25) is 4.79 Å². The van der Waals surface area contributed by atoms with Crippen molar-refractivity contribution in [1.82, 2.24) is 4.90 Å². The summed E-state index contributed by atoms with van der Waals surface area (Å²) in [5, 5.41) is -0.0109. The second-order valence-corrected chi connectivity index (χ2v) is 7.59. The number of hydrogen-bond acceptors (Lipinski definition) is 4. The van der Waals surface area contributed by atoms with Crippen molar-refractivity contribution in [1.29, 1.82) is 0 Å². The molecule has 0 saturated carbocycles. The number of ether oxygens (including phenoxy) is 2. The number of benzene rings is 3. The number of methoxy groups -OCH3 is 1.